The van der Waals surface area contributed by atoms with Gasteiger partial charge in [-0.2, -0.15) is 5.10 Å². The van der Waals surface area contributed by atoms with Crippen LogP contribution < -0.4 is 16.2 Å². The van der Waals surface area contributed by atoms with E-state index in [1.165, 1.54) is 0 Å². The molecule has 1 aromatic heterocycles. The lowest BCUT2D eigenvalue weighted by Crippen LogP contribution is -2.29. The molecule has 116 valence electrons. The van der Waals surface area contributed by atoms with Gasteiger partial charge in [-0.15, -0.1) is 0 Å². The zero-order valence-corrected chi connectivity index (χ0v) is 12.6. The summed E-state index contributed by atoms with van der Waals surface area (Å²) in [5.41, 5.74) is 2.16. The Morgan fingerprint density at radius 2 is 1.91 bits per heavy atom. The van der Waals surface area contributed by atoms with Gasteiger partial charge in [-0.05, 0) is 30.7 Å². The van der Waals surface area contributed by atoms with E-state index < -0.39 is 0 Å². The Morgan fingerprint density at radius 3 is 2.70 bits per heavy atom. The summed E-state index contributed by atoms with van der Waals surface area (Å²) in [6, 6.07) is 14.4. The van der Waals surface area contributed by atoms with Crippen molar-refractivity contribution in [3.63, 3.8) is 0 Å². The molecule has 0 atom stereocenters. The molecule has 23 heavy (non-hydrogen) atoms. The van der Waals surface area contributed by atoms with Crippen molar-refractivity contribution >= 4 is 22.5 Å². The molecule has 0 unspecified atom stereocenters. The highest BCUT2D eigenvalue weighted by molar-refractivity contribution is 5.90. The number of aromatic amines is 1. The normalized spacial score (nSPS) is 10.5. The third-order valence-corrected chi connectivity index (χ3v) is 3.47. The summed E-state index contributed by atoms with van der Waals surface area (Å²) in [5, 5.41) is 13.3. The number of nitrogens with zero attached hydrogens (tertiary/aromatic N) is 1. The topological polar surface area (TPSA) is 86.9 Å². The van der Waals surface area contributed by atoms with Crippen LogP contribution in [0.5, 0.6) is 0 Å². The van der Waals surface area contributed by atoms with Crippen molar-refractivity contribution in [3.8, 4) is 0 Å². The van der Waals surface area contributed by atoms with E-state index in [1.54, 1.807) is 12.1 Å². The summed E-state index contributed by atoms with van der Waals surface area (Å²) in [6.45, 7) is 2.17. The minimum Gasteiger partial charge on any atom is -0.332 e. The lowest BCUT2D eigenvalue weighted by Gasteiger charge is -2.09. The minimum atomic E-state index is -0.326. The van der Waals surface area contributed by atoms with Gasteiger partial charge in [0.1, 0.15) is 0 Å². The van der Waals surface area contributed by atoms with Crippen LogP contribution in [0, 0.1) is 6.92 Å². The fourth-order valence-corrected chi connectivity index (χ4v) is 2.37. The number of benzene rings is 2. The molecular weight excluding hydrogens is 292 g/mol. The molecule has 3 aromatic rings. The van der Waals surface area contributed by atoms with Crippen LogP contribution in [0.3, 0.4) is 0 Å². The van der Waals surface area contributed by atoms with Crippen molar-refractivity contribution in [2.75, 3.05) is 5.32 Å². The number of urea groups is 1. The number of hydrogen-bond donors (Lipinski definition) is 3. The number of nitrogens with one attached hydrogen (secondary N) is 3. The Kier molecular flexibility index (Phi) is 4.05. The van der Waals surface area contributed by atoms with E-state index >= 15 is 0 Å². The van der Waals surface area contributed by atoms with E-state index in [2.05, 4.69) is 20.8 Å². The summed E-state index contributed by atoms with van der Waals surface area (Å²) in [6.07, 6.45) is 0. The summed E-state index contributed by atoms with van der Waals surface area (Å²) < 4.78 is 0. The number of aromatic nitrogens is 2. The highest BCUT2D eigenvalue weighted by Crippen LogP contribution is 2.12. The second-order valence-corrected chi connectivity index (χ2v) is 5.22. The number of H-pyrrole nitrogens is 1. The van der Waals surface area contributed by atoms with Crippen molar-refractivity contribution in [1.82, 2.24) is 15.5 Å². The predicted octanol–water partition coefficient (Wildman–Crippen LogP) is 2.55. The van der Waals surface area contributed by atoms with E-state index in [-0.39, 0.29) is 18.1 Å². The van der Waals surface area contributed by atoms with Crippen LogP contribution in [0.4, 0.5) is 10.5 Å². The third-order valence-electron chi connectivity index (χ3n) is 3.47. The average Bonchev–Trinajstić information content (AvgIpc) is 2.54. The molecule has 0 spiro atoms. The smallest absolute Gasteiger partial charge is 0.319 e. The molecule has 2 amide bonds. The van der Waals surface area contributed by atoms with Gasteiger partial charge in [-0.3, -0.25) is 4.79 Å². The quantitative estimate of drug-likeness (QED) is 0.695. The summed E-state index contributed by atoms with van der Waals surface area (Å²) >= 11 is 0. The van der Waals surface area contributed by atoms with E-state index in [4.69, 9.17) is 0 Å². The van der Waals surface area contributed by atoms with E-state index in [0.717, 1.165) is 16.6 Å². The predicted molar refractivity (Wildman–Crippen MR) is 89.4 cm³/mol. The highest BCUT2D eigenvalue weighted by atomic mass is 16.2. The number of carbonyl (C=O) groups excluding carboxylic acids is 1. The number of carbonyl (C=O) groups is 1. The first-order valence-corrected chi connectivity index (χ1v) is 7.21. The maximum atomic E-state index is 12.0. The van der Waals surface area contributed by atoms with Gasteiger partial charge < -0.3 is 10.6 Å². The molecule has 0 bridgehead atoms. The lowest BCUT2D eigenvalue weighted by molar-refractivity contribution is 0.251. The number of amides is 2. The molecule has 0 aliphatic rings. The molecule has 6 nitrogen and oxygen atoms in total. The van der Waals surface area contributed by atoms with Crippen LogP contribution in [0.2, 0.25) is 0 Å². The molecular formula is C17H16N4O2. The van der Waals surface area contributed by atoms with Crippen LogP contribution in [0.15, 0.2) is 53.3 Å². The molecule has 6 heteroatoms. The first kappa shape index (κ1) is 14.8. The van der Waals surface area contributed by atoms with Crippen molar-refractivity contribution in [1.29, 1.82) is 0 Å². The molecule has 0 fully saturated rings. The molecule has 0 radical (unpaired) electrons. The SMILES string of the molecule is Cc1cccc(NC(=O)NCc2n[nH]c(=O)c3ccccc23)c1. The number of hydrogen-bond acceptors (Lipinski definition) is 3. The largest absolute Gasteiger partial charge is 0.332 e. The number of anilines is 1. The van der Waals surface area contributed by atoms with Gasteiger partial charge in [0.2, 0.25) is 0 Å². The summed E-state index contributed by atoms with van der Waals surface area (Å²) in [7, 11) is 0. The van der Waals surface area contributed by atoms with Crippen molar-refractivity contribution < 1.29 is 4.79 Å². The maximum absolute atomic E-state index is 12.0. The van der Waals surface area contributed by atoms with Gasteiger partial charge in [0.05, 0.1) is 17.6 Å². The number of aryl methyl sites for hydroxylation is 1. The van der Waals surface area contributed by atoms with Crippen molar-refractivity contribution in [3.05, 3.63) is 70.1 Å². The number of rotatable bonds is 3. The standard InChI is InChI=1S/C17H16N4O2/c1-11-5-4-6-12(9-11)19-17(23)18-10-15-13-7-2-3-8-14(13)16(22)21-20-15/h2-9H,10H2,1H3,(H,21,22)(H2,18,19,23). The fraction of sp³-hybridized carbons (Fsp3) is 0.118. The van der Waals surface area contributed by atoms with Crippen molar-refractivity contribution in [2.24, 2.45) is 0 Å². The molecule has 0 saturated carbocycles. The maximum Gasteiger partial charge on any atom is 0.319 e. The van der Waals surface area contributed by atoms with Crippen LogP contribution in [0.25, 0.3) is 10.8 Å². The molecule has 0 aliphatic heterocycles. The first-order valence-electron chi connectivity index (χ1n) is 7.21. The van der Waals surface area contributed by atoms with E-state index in [0.29, 0.717) is 11.1 Å². The monoisotopic (exact) mass is 308 g/mol. The molecule has 1 heterocycles. The molecule has 0 aliphatic carbocycles. The van der Waals surface area contributed by atoms with Crippen LogP contribution in [-0.2, 0) is 6.54 Å². The highest BCUT2D eigenvalue weighted by Gasteiger charge is 2.07. The van der Waals surface area contributed by atoms with Gasteiger partial charge in [0.15, 0.2) is 0 Å². The second kappa shape index (κ2) is 6.31. The zero-order chi connectivity index (χ0) is 16.2. The average molecular weight is 308 g/mol. The van der Waals surface area contributed by atoms with Gasteiger partial charge in [-0.25, -0.2) is 9.89 Å². The van der Waals surface area contributed by atoms with Gasteiger partial charge in [0.25, 0.3) is 5.56 Å². The Hall–Kier alpha value is -3.15. The van der Waals surface area contributed by atoms with E-state index in [1.807, 2.05) is 43.3 Å². The van der Waals surface area contributed by atoms with E-state index in [9.17, 15) is 9.59 Å². The lowest BCUT2D eigenvalue weighted by atomic mass is 10.1. The Bertz CT molecular complexity index is 918. The Morgan fingerprint density at radius 1 is 1.13 bits per heavy atom. The summed E-state index contributed by atoms with van der Waals surface area (Å²) in [4.78, 5) is 23.7. The summed E-state index contributed by atoms with van der Waals surface area (Å²) in [5.74, 6) is 0. The van der Waals surface area contributed by atoms with Gasteiger partial charge in [-0.1, -0.05) is 30.3 Å². The molecule has 0 saturated heterocycles. The third kappa shape index (κ3) is 3.37. The van der Waals surface area contributed by atoms with Crippen LogP contribution >= 0.6 is 0 Å². The van der Waals surface area contributed by atoms with Gasteiger partial charge >= 0.3 is 6.03 Å². The fourth-order valence-electron chi connectivity index (χ4n) is 2.37. The van der Waals surface area contributed by atoms with Crippen LogP contribution in [0.1, 0.15) is 11.3 Å². The molecule has 2 aromatic carbocycles. The minimum absolute atomic E-state index is 0.217. The Labute approximate surface area is 132 Å². The Balaban J connectivity index is 1.72. The number of fused-ring (bicyclic) bond motifs is 1. The first-order chi connectivity index (χ1) is 11.1. The molecule has 3 N–H and O–H groups in total. The van der Waals surface area contributed by atoms with Crippen LogP contribution in [-0.4, -0.2) is 16.2 Å². The van der Waals surface area contributed by atoms with Crippen molar-refractivity contribution in [2.45, 2.75) is 13.5 Å². The second-order valence-electron chi connectivity index (χ2n) is 5.22. The molecule has 3 rings (SSSR count). The van der Waals surface area contributed by atoms with Gasteiger partial charge in [0, 0.05) is 11.1 Å². The zero-order valence-electron chi connectivity index (χ0n) is 12.6.